The number of rotatable bonds is 4. The van der Waals surface area contributed by atoms with E-state index in [1.54, 1.807) is 0 Å². The van der Waals surface area contributed by atoms with Crippen LogP contribution in [0.25, 0.3) is 0 Å². The molecule has 0 bridgehead atoms. The zero-order valence-electron chi connectivity index (χ0n) is 14.6. The van der Waals surface area contributed by atoms with Gasteiger partial charge in [-0.1, -0.05) is 26.2 Å². The topological polar surface area (TPSA) is 79.2 Å². The van der Waals surface area contributed by atoms with Crippen LogP contribution in [-0.4, -0.2) is 24.0 Å². The second-order valence-corrected chi connectivity index (χ2v) is 8.42. The second-order valence-electron chi connectivity index (χ2n) is 7.29. The number of amides is 1. The third-order valence-corrected chi connectivity index (χ3v) is 6.38. The third-order valence-electron chi connectivity index (χ3n) is 5.16. The number of aryl methyl sites for hydroxylation is 1. The minimum Gasteiger partial charge on any atom is -0.451 e. The lowest BCUT2D eigenvalue weighted by molar-refractivity contribution is -0.125. The van der Waals surface area contributed by atoms with E-state index in [0.29, 0.717) is 23.6 Å². The maximum Gasteiger partial charge on any atom is 0.348 e. The van der Waals surface area contributed by atoms with Gasteiger partial charge >= 0.3 is 5.97 Å². The van der Waals surface area contributed by atoms with Crippen LogP contribution in [0.4, 0.5) is 0 Å². The van der Waals surface area contributed by atoms with E-state index in [2.05, 4.69) is 18.3 Å². The van der Waals surface area contributed by atoms with E-state index >= 15 is 0 Å². The predicted octanol–water partition coefficient (Wildman–Crippen LogP) is 3.37. The standard InChI is InChI=1S/C19H24N2O3S/c1-13-5-6-15-14(9-13)10-16(25-15)18(23)24-11-17(22)21-19(12-20)7-3-2-4-8-19/h10,13H,2-9,11H2,1H3,(H,21,22)/t13-/m1/s1. The van der Waals surface area contributed by atoms with E-state index in [4.69, 9.17) is 4.74 Å². The summed E-state index contributed by atoms with van der Waals surface area (Å²) in [6.07, 6.45) is 7.47. The van der Waals surface area contributed by atoms with Crippen LogP contribution in [0, 0.1) is 17.2 Å². The van der Waals surface area contributed by atoms with Crippen molar-refractivity contribution in [3.63, 3.8) is 0 Å². The van der Waals surface area contributed by atoms with Crippen LogP contribution < -0.4 is 5.32 Å². The molecular weight excluding hydrogens is 336 g/mol. The molecule has 1 atom stereocenters. The fraction of sp³-hybridized carbons (Fsp3) is 0.632. The largest absolute Gasteiger partial charge is 0.451 e. The van der Waals surface area contributed by atoms with Crippen LogP contribution in [-0.2, 0) is 22.4 Å². The van der Waals surface area contributed by atoms with Gasteiger partial charge in [-0.2, -0.15) is 5.26 Å². The highest BCUT2D eigenvalue weighted by Crippen LogP contribution is 2.32. The number of hydrogen-bond acceptors (Lipinski definition) is 5. The second kappa shape index (κ2) is 7.57. The van der Waals surface area contributed by atoms with Crippen LogP contribution in [0.1, 0.15) is 65.6 Å². The highest BCUT2D eigenvalue weighted by Gasteiger charge is 2.33. The first-order valence-electron chi connectivity index (χ1n) is 9.02. The molecule has 1 saturated carbocycles. The van der Waals surface area contributed by atoms with E-state index in [1.165, 1.54) is 21.8 Å². The first-order valence-corrected chi connectivity index (χ1v) is 9.84. The Morgan fingerprint density at radius 3 is 2.88 bits per heavy atom. The quantitative estimate of drug-likeness (QED) is 0.835. The minimum atomic E-state index is -0.792. The Hall–Kier alpha value is -1.87. The number of hydrogen-bond donors (Lipinski definition) is 1. The number of fused-ring (bicyclic) bond motifs is 1. The van der Waals surface area contributed by atoms with E-state index in [1.807, 2.05) is 6.07 Å². The van der Waals surface area contributed by atoms with Gasteiger partial charge in [-0.25, -0.2) is 4.79 Å². The maximum absolute atomic E-state index is 12.2. The number of carbonyl (C=O) groups is 2. The number of nitrogens with one attached hydrogen (secondary N) is 1. The smallest absolute Gasteiger partial charge is 0.348 e. The van der Waals surface area contributed by atoms with Gasteiger partial charge in [0, 0.05) is 4.88 Å². The molecule has 2 aliphatic rings. The molecule has 1 N–H and O–H groups in total. The molecule has 134 valence electrons. The first kappa shape index (κ1) is 17.9. The van der Waals surface area contributed by atoms with Gasteiger partial charge < -0.3 is 10.1 Å². The van der Waals surface area contributed by atoms with Crippen molar-refractivity contribution in [1.82, 2.24) is 5.32 Å². The molecule has 5 nitrogen and oxygen atoms in total. The molecule has 1 heterocycles. The van der Waals surface area contributed by atoms with Crippen LogP contribution >= 0.6 is 11.3 Å². The number of thiophene rings is 1. The Bertz CT molecular complexity index is 698. The van der Waals surface area contributed by atoms with Gasteiger partial charge in [0.15, 0.2) is 6.61 Å². The summed E-state index contributed by atoms with van der Waals surface area (Å²) in [6, 6.07) is 4.14. The van der Waals surface area contributed by atoms with Crippen molar-refractivity contribution in [2.75, 3.05) is 6.61 Å². The Balaban J connectivity index is 1.54. The van der Waals surface area contributed by atoms with Crippen molar-refractivity contribution in [3.8, 4) is 6.07 Å². The summed E-state index contributed by atoms with van der Waals surface area (Å²) in [7, 11) is 0. The van der Waals surface area contributed by atoms with Crippen LogP contribution in [0.5, 0.6) is 0 Å². The summed E-state index contributed by atoms with van der Waals surface area (Å²) in [6.45, 7) is 1.89. The Kier molecular flexibility index (Phi) is 5.43. The fourth-order valence-corrected chi connectivity index (χ4v) is 4.83. The van der Waals surface area contributed by atoms with Crippen molar-refractivity contribution in [2.45, 2.75) is 63.8 Å². The predicted molar refractivity (Wildman–Crippen MR) is 95.4 cm³/mol. The van der Waals surface area contributed by atoms with E-state index in [-0.39, 0.29) is 6.61 Å². The van der Waals surface area contributed by atoms with Gasteiger partial charge in [-0.05, 0) is 49.7 Å². The zero-order chi connectivity index (χ0) is 17.9. The lowest BCUT2D eigenvalue weighted by Gasteiger charge is -2.31. The molecular formula is C19H24N2O3S. The van der Waals surface area contributed by atoms with Crippen LogP contribution in [0.15, 0.2) is 6.07 Å². The van der Waals surface area contributed by atoms with Gasteiger partial charge in [0.25, 0.3) is 5.91 Å². The third kappa shape index (κ3) is 4.21. The average molecular weight is 360 g/mol. The number of esters is 1. The molecule has 1 aromatic heterocycles. The highest BCUT2D eigenvalue weighted by atomic mass is 32.1. The van der Waals surface area contributed by atoms with Gasteiger partial charge in [0.2, 0.25) is 0 Å². The van der Waals surface area contributed by atoms with E-state index in [9.17, 15) is 14.9 Å². The molecule has 25 heavy (non-hydrogen) atoms. The fourth-order valence-electron chi connectivity index (χ4n) is 3.73. The first-order chi connectivity index (χ1) is 12.0. The molecule has 2 aliphatic carbocycles. The summed E-state index contributed by atoms with van der Waals surface area (Å²) < 4.78 is 5.18. The molecule has 1 amide bonds. The normalized spacial score (nSPS) is 21.7. The number of nitrogens with zero attached hydrogens (tertiary/aromatic N) is 1. The van der Waals surface area contributed by atoms with Crippen LogP contribution in [0.2, 0.25) is 0 Å². The molecule has 1 aromatic rings. The van der Waals surface area contributed by atoms with Crippen molar-refractivity contribution in [2.24, 2.45) is 5.92 Å². The molecule has 6 heteroatoms. The molecule has 0 aliphatic heterocycles. The highest BCUT2D eigenvalue weighted by molar-refractivity contribution is 7.14. The summed E-state index contributed by atoms with van der Waals surface area (Å²) in [5, 5.41) is 12.2. The van der Waals surface area contributed by atoms with Crippen LogP contribution in [0.3, 0.4) is 0 Å². The van der Waals surface area contributed by atoms with E-state index in [0.717, 1.165) is 38.5 Å². The van der Waals surface area contributed by atoms with Crippen molar-refractivity contribution < 1.29 is 14.3 Å². The number of ether oxygens (including phenoxy) is 1. The number of carbonyl (C=O) groups excluding carboxylic acids is 2. The van der Waals surface area contributed by atoms with Gasteiger partial charge in [0.1, 0.15) is 10.4 Å². The van der Waals surface area contributed by atoms with Gasteiger partial charge in [-0.15, -0.1) is 11.3 Å². The average Bonchev–Trinajstić information content (AvgIpc) is 3.03. The number of nitriles is 1. The SMILES string of the molecule is C[C@@H]1CCc2sc(C(=O)OCC(=O)NC3(C#N)CCCCC3)cc2C1. The lowest BCUT2D eigenvalue weighted by Crippen LogP contribution is -2.50. The molecule has 0 unspecified atom stereocenters. The maximum atomic E-state index is 12.2. The molecule has 0 aromatic carbocycles. The molecule has 0 radical (unpaired) electrons. The zero-order valence-corrected chi connectivity index (χ0v) is 15.4. The van der Waals surface area contributed by atoms with E-state index < -0.39 is 17.4 Å². The summed E-state index contributed by atoms with van der Waals surface area (Å²) in [5.74, 6) is -0.196. The Morgan fingerprint density at radius 2 is 2.16 bits per heavy atom. The van der Waals surface area contributed by atoms with Crippen molar-refractivity contribution in [1.29, 1.82) is 5.26 Å². The molecule has 0 spiro atoms. The molecule has 0 saturated heterocycles. The monoisotopic (exact) mass is 360 g/mol. The molecule has 3 rings (SSSR count). The Morgan fingerprint density at radius 1 is 1.40 bits per heavy atom. The summed E-state index contributed by atoms with van der Waals surface area (Å²) in [5.41, 5.74) is 0.450. The summed E-state index contributed by atoms with van der Waals surface area (Å²) in [4.78, 5) is 26.2. The Labute approximate surface area is 152 Å². The van der Waals surface area contributed by atoms with Crippen molar-refractivity contribution in [3.05, 3.63) is 21.4 Å². The minimum absolute atomic E-state index is 0.332. The van der Waals surface area contributed by atoms with Crippen molar-refractivity contribution >= 4 is 23.2 Å². The van der Waals surface area contributed by atoms with Gasteiger partial charge in [-0.3, -0.25) is 4.79 Å². The molecule has 1 fully saturated rings. The lowest BCUT2D eigenvalue weighted by atomic mass is 9.83. The van der Waals surface area contributed by atoms with Gasteiger partial charge in [0.05, 0.1) is 6.07 Å². The summed E-state index contributed by atoms with van der Waals surface area (Å²) >= 11 is 1.48.